The molecule has 0 bridgehead atoms. The summed E-state index contributed by atoms with van der Waals surface area (Å²) in [5.74, 6) is -2.85. The molecule has 2 atom stereocenters. The summed E-state index contributed by atoms with van der Waals surface area (Å²) in [5, 5.41) is 20.6. The zero-order valence-electron chi connectivity index (χ0n) is 18.2. The SMILES string of the molecule is N#CC1(C#N)[C@@H](CC(=O)c2ccc(Br)cc2)C=C(C(=O)c2ccc(Br)cc2)[C@@H]1c1ccc(F)cc1. The first-order valence-corrected chi connectivity index (χ1v) is 12.3. The van der Waals surface area contributed by atoms with Crippen molar-refractivity contribution in [2.75, 3.05) is 0 Å². The molecule has 0 fully saturated rings. The number of hydrogen-bond acceptors (Lipinski definition) is 4. The summed E-state index contributed by atoms with van der Waals surface area (Å²) < 4.78 is 15.3. The lowest BCUT2D eigenvalue weighted by molar-refractivity contribution is 0.0955. The highest BCUT2D eigenvalue weighted by Crippen LogP contribution is 2.54. The highest BCUT2D eigenvalue weighted by molar-refractivity contribution is 9.10. The van der Waals surface area contributed by atoms with E-state index >= 15 is 0 Å². The summed E-state index contributed by atoms with van der Waals surface area (Å²) in [6.45, 7) is 0. The first-order valence-electron chi connectivity index (χ1n) is 10.7. The van der Waals surface area contributed by atoms with E-state index in [0.29, 0.717) is 16.7 Å². The molecular weight excluding hydrogens is 575 g/mol. The second kappa shape index (κ2) is 10.1. The van der Waals surface area contributed by atoms with Gasteiger partial charge in [-0.05, 0) is 54.1 Å². The van der Waals surface area contributed by atoms with Crippen LogP contribution in [0.5, 0.6) is 0 Å². The van der Waals surface area contributed by atoms with Gasteiger partial charge >= 0.3 is 0 Å². The van der Waals surface area contributed by atoms with Gasteiger partial charge in [0.1, 0.15) is 5.82 Å². The van der Waals surface area contributed by atoms with Gasteiger partial charge in [0.15, 0.2) is 17.0 Å². The fourth-order valence-corrected chi connectivity index (χ4v) is 5.00. The number of ketones is 2. The second-order valence-electron chi connectivity index (χ2n) is 8.28. The maximum atomic E-state index is 13.7. The minimum absolute atomic E-state index is 0.127. The predicted molar refractivity (Wildman–Crippen MR) is 136 cm³/mol. The fraction of sp³-hybridized carbons (Fsp3) is 0.143. The van der Waals surface area contributed by atoms with Crippen molar-refractivity contribution in [3.8, 4) is 12.1 Å². The number of hydrogen-bond donors (Lipinski definition) is 0. The van der Waals surface area contributed by atoms with Crippen molar-refractivity contribution in [3.63, 3.8) is 0 Å². The van der Waals surface area contributed by atoms with Crippen LogP contribution in [0.4, 0.5) is 4.39 Å². The summed E-state index contributed by atoms with van der Waals surface area (Å²) in [6, 6.07) is 23.2. The Morgan fingerprint density at radius 1 is 0.829 bits per heavy atom. The van der Waals surface area contributed by atoms with E-state index in [2.05, 4.69) is 44.0 Å². The number of halogens is 3. The van der Waals surface area contributed by atoms with Crippen molar-refractivity contribution in [2.24, 2.45) is 11.3 Å². The Morgan fingerprint density at radius 3 is 1.86 bits per heavy atom. The molecule has 1 aliphatic rings. The summed E-state index contributed by atoms with van der Waals surface area (Å²) in [4.78, 5) is 26.7. The molecule has 0 saturated heterocycles. The van der Waals surface area contributed by atoms with E-state index in [0.717, 1.165) is 8.95 Å². The normalized spacial score (nSPS) is 18.3. The van der Waals surface area contributed by atoms with Gasteiger partial charge in [0.25, 0.3) is 0 Å². The Balaban J connectivity index is 1.82. The van der Waals surface area contributed by atoms with Crippen LogP contribution in [0.1, 0.15) is 38.6 Å². The van der Waals surface area contributed by atoms with Crippen molar-refractivity contribution in [2.45, 2.75) is 12.3 Å². The number of nitriles is 2. The van der Waals surface area contributed by atoms with Gasteiger partial charge in [-0.1, -0.05) is 62.2 Å². The number of nitrogens with zero attached hydrogens (tertiary/aromatic N) is 2. The third-order valence-corrected chi connectivity index (χ3v) is 7.30. The van der Waals surface area contributed by atoms with E-state index in [-0.39, 0.29) is 23.6 Å². The lowest BCUT2D eigenvalue weighted by Gasteiger charge is -2.29. The molecule has 0 aromatic heterocycles. The van der Waals surface area contributed by atoms with Crippen molar-refractivity contribution in [1.82, 2.24) is 0 Å². The monoisotopic (exact) mass is 590 g/mol. The number of carbonyl (C=O) groups excluding carboxylic acids is 2. The highest BCUT2D eigenvalue weighted by atomic mass is 79.9. The minimum atomic E-state index is -1.72. The smallest absolute Gasteiger partial charge is 0.189 e. The molecule has 172 valence electrons. The van der Waals surface area contributed by atoms with Crippen molar-refractivity contribution < 1.29 is 14.0 Å². The van der Waals surface area contributed by atoms with E-state index in [1.54, 1.807) is 54.6 Å². The summed E-state index contributed by atoms with van der Waals surface area (Å²) >= 11 is 6.69. The van der Waals surface area contributed by atoms with Crippen LogP contribution >= 0.6 is 31.9 Å². The lowest BCUT2D eigenvalue weighted by atomic mass is 9.67. The molecule has 0 spiro atoms. The number of rotatable bonds is 6. The molecule has 0 heterocycles. The molecule has 0 N–H and O–H groups in total. The molecule has 0 saturated carbocycles. The molecule has 7 heteroatoms. The van der Waals surface area contributed by atoms with E-state index in [4.69, 9.17) is 0 Å². The number of benzene rings is 3. The number of allylic oxidation sites excluding steroid dienone is 2. The van der Waals surface area contributed by atoms with Crippen LogP contribution in [-0.2, 0) is 0 Å². The van der Waals surface area contributed by atoms with Gasteiger partial charge in [0.05, 0.1) is 12.1 Å². The zero-order valence-corrected chi connectivity index (χ0v) is 21.4. The molecule has 3 aromatic rings. The number of Topliss-reactive ketones (excluding diaryl/α,β-unsaturated/α-hetero) is 2. The van der Waals surface area contributed by atoms with Crippen LogP contribution in [0.2, 0.25) is 0 Å². The lowest BCUT2D eigenvalue weighted by Crippen LogP contribution is -2.32. The van der Waals surface area contributed by atoms with Gasteiger partial charge < -0.3 is 0 Å². The molecule has 0 unspecified atom stereocenters. The molecule has 4 nitrogen and oxygen atoms in total. The zero-order chi connectivity index (χ0) is 25.2. The maximum absolute atomic E-state index is 13.7. The first-order chi connectivity index (χ1) is 16.8. The Morgan fingerprint density at radius 2 is 1.34 bits per heavy atom. The number of carbonyl (C=O) groups is 2. The Hall–Kier alpha value is -3.39. The van der Waals surface area contributed by atoms with E-state index in [9.17, 15) is 24.5 Å². The molecule has 3 aromatic carbocycles. The van der Waals surface area contributed by atoms with Crippen LogP contribution in [0.3, 0.4) is 0 Å². The first kappa shape index (κ1) is 24.7. The maximum Gasteiger partial charge on any atom is 0.189 e. The molecule has 0 aliphatic heterocycles. The van der Waals surface area contributed by atoms with Gasteiger partial charge in [-0.15, -0.1) is 0 Å². The Labute approximate surface area is 219 Å². The third-order valence-electron chi connectivity index (χ3n) is 6.25. The minimum Gasteiger partial charge on any atom is -0.294 e. The predicted octanol–water partition coefficient (Wildman–Crippen LogP) is 7.18. The van der Waals surface area contributed by atoms with Gasteiger partial charge in [-0.25, -0.2) is 4.39 Å². The quantitative estimate of drug-likeness (QED) is 0.284. The van der Waals surface area contributed by atoms with Crippen LogP contribution < -0.4 is 0 Å². The standard InChI is InChI=1S/C28H17Br2FN2O2/c29-21-7-1-17(2-8-21)25(34)14-20-13-24(27(35)19-3-9-22(30)10-4-19)26(28(20,15-32)16-33)18-5-11-23(31)12-6-18/h1-13,20,26H,14H2/t20-,26+/m1/s1. The van der Waals surface area contributed by atoms with E-state index in [1.807, 2.05) is 0 Å². The molecular formula is C28H17Br2FN2O2. The van der Waals surface area contributed by atoms with Gasteiger partial charge in [-0.2, -0.15) is 10.5 Å². The third kappa shape index (κ3) is 4.75. The molecule has 0 radical (unpaired) electrons. The van der Waals surface area contributed by atoms with Crippen LogP contribution in [0.25, 0.3) is 0 Å². The Bertz CT molecular complexity index is 1390. The van der Waals surface area contributed by atoms with Gasteiger partial charge in [0, 0.05) is 43.9 Å². The van der Waals surface area contributed by atoms with Gasteiger partial charge in [0.2, 0.25) is 0 Å². The van der Waals surface area contributed by atoms with Crippen molar-refractivity contribution in [1.29, 1.82) is 10.5 Å². The van der Waals surface area contributed by atoms with Gasteiger partial charge in [-0.3, -0.25) is 9.59 Å². The summed E-state index contributed by atoms with van der Waals surface area (Å²) in [6.07, 6.45) is 1.46. The van der Waals surface area contributed by atoms with Crippen molar-refractivity contribution >= 4 is 43.4 Å². The van der Waals surface area contributed by atoms with E-state index < -0.39 is 23.1 Å². The summed E-state index contributed by atoms with van der Waals surface area (Å²) in [7, 11) is 0. The average molecular weight is 592 g/mol. The molecule has 4 rings (SSSR count). The van der Waals surface area contributed by atoms with Crippen LogP contribution in [-0.4, -0.2) is 11.6 Å². The molecule has 35 heavy (non-hydrogen) atoms. The largest absolute Gasteiger partial charge is 0.294 e. The van der Waals surface area contributed by atoms with Crippen LogP contribution in [0.15, 0.2) is 93.4 Å². The Kier molecular flexibility index (Phi) is 7.12. The fourth-order valence-electron chi connectivity index (χ4n) is 4.47. The van der Waals surface area contributed by atoms with Crippen molar-refractivity contribution in [3.05, 3.63) is 116 Å². The average Bonchev–Trinajstić information content (AvgIpc) is 3.19. The second-order valence-corrected chi connectivity index (χ2v) is 10.1. The van der Waals surface area contributed by atoms with Crippen LogP contribution in [0, 0.1) is 39.8 Å². The highest BCUT2D eigenvalue weighted by Gasteiger charge is 2.54. The topological polar surface area (TPSA) is 81.7 Å². The van der Waals surface area contributed by atoms with E-state index in [1.165, 1.54) is 24.3 Å². The summed E-state index contributed by atoms with van der Waals surface area (Å²) in [5.41, 5.74) is -0.183. The molecule has 0 amide bonds. The molecule has 1 aliphatic carbocycles.